The van der Waals surface area contributed by atoms with Crippen molar-refractivity contribution in [2.45, 2.75) is 76.8 Å². The summed E-state index contributed by atoms with van der Waals surface area (Å²) in [5.41, 5.74) is 0. The Morgan fingerprint density at radius 3 is 1.82 bits per heavy atom. The lowest BCUT2D eigenvalue weighted by Gasteiger charge is -2.38. The van der Waals surface area contributed by atoms with E-state index in [1.165, 1.54) is 0 Å². The molecular formula is C18H31O14P. The Kier molecular flexibility index (Phi) is 12.2. The number of hydrogen-bond acceptors (Lipinski definition) is 14. The minimum absolute atomic E-state index is 0.252. The quantitative estimate of drug-likeness (QED) is 0.146. The number of aliphatic hydroxyl groups excluding tert-OH is 3. The molecule has 15 heteroatoms. The Morgan fingerprint density at radius 1 is 0.909 bits per heavy atom. The van der Waals surface area contributed by atoms with Crippen LogP contribution in [0.5, 0.6) is 0 Å². The fourth-order valence-electron chi connectivity index (χ4n) is 2.54. The zero-order valence-corrected chi connectivity index (χ0v) is 19.6. The summed E-state index contributed by atoms with van der Waals surface area (Å²) in [7, 11) is -4.15. The molecule has 192 valence electrons. The van der Waals surface area contributed by atoms with E-state index in [0.717, 1.165) is 0 Å². The molecule has 0 saturated carbocycles. The predicted octanol–water partition coefficient (Wildman–Crippen LogP) is 0.690. The monoisotopic (exact) mass is 502 g/mol. The van der Waals surface area contributed by atoms with Crippen molar-refractivity contribution in [2.75, 3.05) is 19.7 Å². The van der Waals surface area contributed by atoms with E-state index >= 15 is 0 Å². The second-order valence-electron chi connectivity index (χ2n) is 7.49. The zero-order chi connectivity index (χ0) is 25.2. The Hall–Kier alpha value is -1.80. The van der Waals surface area contributed by atoms with Gasteiger partial charge in [0.05, 0.1) is 24.5 Å². The number of ether oxygens (including phenoxy) is 5. The van der Waals surface area contributed by atoms with Crippen molar-refractivity contribution in [1.82, 2.24) is 0 Å². The maximum Gasteiger partial charge on any atom is 0.510 e. The Morgan fingerprint density at radius 2 is 1.39 bits per heavy atom. The molecule has 1 saturated heterocycles. The first-order valence-electron chi connectivity index (χ1n) is 10.1. The Labute approximate surface area is 190 Å². The van der Waals surface area contributed by atoms with E-state index in [4.69, 9.17) is 23.3 Å². The van der Waals surface area contributed by atoms with Gasteiger partial charge in [-0.1, -0.05) is 0 Å². The molecule has 5 atom stereocenters. The highest BCUT2D eigenvalue weighted by atomic mass is 31.2. The topological polar surface area (TPSA) is 194 Å². The fraction of sp³-hybridized carbons (Fsp3) is 0.833. The summed E-state index contributed by atoms with van der Waals surface area (Å²) in [4.78, 5) is 33.9. The zero-order valence-electron chi connectivity index (χ0n) is 18.7. The fourth-order valence-corrected chi connectivity index (χ4v) is 3.87. The van der Waals surface area contributed by atoms with Gasteiger partial charge in [0.2, 0.25) is 13.6 Å². The van der Waals surface area contributed by atoms with E-state index in [1.54, 1.807) is 27.7 Å². The van der Waals surface area contributed by atoms with Crippen LogP contribution in [-0.2, 0) is 42.1 Å². The summed E-state index contributed by atoms with van der Waals surface area (Å²) in [6, 6.07) is 0. The first-order valence-corrected chi connectivity index (χ1v) is 11.8. The van der Waals surface area contributed by atoms with Crippen LogP contribution < -0.4 is 0 Å². The average molecular weight is 502 g/mol. The lowest BCUT2D eigenvalue weighted by atomic mass is 9.94. The molecule has 33 heavy (non-hydrogen) atoms. The van der Waals surface area contributed by atoms with Gasteiger partial charge < -0.3 is 43.8 Å². The first-order chi connectivity index (χ1) is 15.4. The van der Waals surface area contributed by atoms with E-state index in [1.807, 2.05) is 0 Å². The number of aldehydes is 1. The Bertz CT molecular complexity index is 651. The molecule has 3 N–H and O–H groups in total. The van der Waals surface area contributed by atoms with Gasteiger partial charge in [-0.25, -0.2) is 9.59 Å². The predicted molar refractivity (Wildman–Crippen MR) is 107 cm³/mol. The van der Waals surface area contributed by atoms with Crippen molar-refractivity contribution in [3.8, 4) is 0 Å². The highest BCUT2D eigenvalue weighted by molar-refractivity contribution is 7.53. The van der Waals surface area contributed by atoms with Crippen LogP contribution in [0, 0.1) is 0 Å². The summed E-state index contributed by atoms with van der Waals surface area (Å²) in [5, 5.41) is 29.7. The van der Waals surface area contributed by atoms with Gasteiger partial charge in [-0.3, -0.25) is 13.6 Å². The molecule has 0 aliphatic carbocycles. The molecular weight excluding hydrogens is 471 g/mol. The van der Waals surface area contributed by atoms with Crippen LogP contribution in [0.25, 0.3) is 0 Å². The highest BCUT2D eigenvalue weighted by Crippen LogP contribution is 2.49. The van der Waals surface area contributed by atoms with Crippen molar-refractivity contribution in [1.29, 1.82) is 0 Å². The van der Waals surface area contributed by atoms with Gasteiger partial charge in [0, 0.05) is 0 Å². The maximum absolute atomic E-state index is 13.0. The van der Waals surface area contributed by atoms with Crippen LogP contribution in [0.3, 0.4) is 0 Å². The molecule has 0 radical (unpaired) electrons. The standard InChI is InChI=1S/C18H31O14P/c1-10(2)30-17(23)26-8-28-33(25,29-9-27-18(24)31-11(3)4)6-5-12-14(20)16(22)15(21)13(7-19)32-12/h7,10-16,20-22H,5-6,8-9H2,1-4H3. The summed E-state index contributed by atoms with van der Waals surface area (Å²) >= 11 is 0. The van der Waals surface area contributed by atoms with Gasteiger partial charge in [0.1, 0.15) is 24.4 Å². The minimum atomic E-state index is -4.15. The average Bonchev–Trinajstić information content (AvgIpc) is 2.70. The van der Waals surface area contributed by atoms with Gasteiger partial charge in [-0.2, -0.15) is 0 Å². The van der Waals surface area contributed by atoms with Crippen molar-refractivity contribution in [3.05, 3.63) is 0 Å². The normalized spacial score (nSPS) is 25.5. The number of carbonyl (C=O) groups is 3. The molecule has 0 aromatic carbocycles. The van der Waals surface area contributed by atoms with E-state index in [2.05, 4.69) is 9.47 Å². The van der Waals surface area contributed by atoms with Crippen LogP contribution in [0.2, 0.25) is 0 Å². The molecule has 0 amide bonds. The van der Waals surface area contributed by atoms with Gasteiger partial charge in [0.15, 0.2) is 6.29 Å². The molecule has 14 nitrogen and oxygen atoms in total. The van der Waals surface area contributed by atoms with Crippen LogP contribution >= 0.6 is 7.60 Å². The second-order valence-corrected chi connectivity index (χ2v) is 9.67. The molecule has 0 bridgehead atoms. The summed E-state index contributed by atoms with van der Waals surface area (Å²) in [6.07, 6.45) is -11.2. The summed E-state index contributed by atoms with van der Waals surface area (Å²) in [5.74, 6) is 0. The van der Waals surface area contributed by atoms with Crippen molar-refractivity contribution in [3.63, 3.8) is 0 Å². The molecule has 5 unspecified atom stereocenters. The second kappa shape index (κ2) is 13.8. The van der Waals surface area contributed by atoms with Crippen molar-refractivity contribution in [2.24, 2.45) is 0 Å². The van der Waals surface area contributed by atoms with Crippen LogP contribution in [0.1, 0.15) is 34.1 Å². The minimum Gasteiger partial charge on any atom is -0.432 e. The molecule has 0 spiro atoms. The first kappa shape index (κ1) is 29.2. The number of carbonyl (C=O) groups excluding carboxylic acids is 3. The van der Waals surface area contributed by atoms with Crippen LogP contribution in [-0.4, -0.2) is 96.4 Å². The summed E-state index contributed by atoms with van der Waals surface area (Å²) < 4.78 is 47.1. The molecule has 1 fully saturated rings. The van der Waals surface area contributed by atoms with Gasteiger partial charge in [0.25, 0.3) is 0 Å². The van der Waals surface area contributed by atoms with Crippen molar-refractivity contribution >= 4 is 26.2 Å². The smallest absolute Gasteiger partial charge is 0.432 e. The molecule has 1 rings (SSSR count). The highest BCUT2D eigenvalue weighted by Gasteiger charge is 2.44. The van der Waals surface area contributed by atoms with E-state index < -0.39 is 82.4 Å². The largest absolute Gasteiger partial charge is 0.510 e. The number of rotatable bonds is 12. The van der Waals surface area contributed by atoms with Gasteiger partial charge in [-0.05, 0) is 34.1 Å². The number of aliphatic hydroxyl groups is 3. The Balaban J connectivity index is 2.75. The maximum atomic E-state index is 13.0. The van der Waals surface area contributed by atoms with E-state index in [0.29, 0.717) is 0 Å². The van der Waals surface area contributed by atoms with Gasteiger partial charge in [-0.15, -0.1) is 0 Å². The lowest BCUT2D eigenvalue weighted by Crippen LogP contribution is -2.58. The third kappa shape index (κ3) is 10.3. The van der Waals surface area contributed by atoms with E-state index in [9.17, 15) is 34.3 Å². The molecule has 0 aromatic heterocycles. The third-order valence-corrected chi connectivity index (χ3v) is 5.89. The van der Waals surface area contributed by atoms with Crippen LogP contribution in [0.4, 0.5) is 9.59 Å². The lowest BCUT2D eigenvalue weighted by molar-refractivity contribution is -0.215. The molecule has 1 aliphatic heterocycles. The molecule has 1 heterocycles. The SMILES string of the molecule is CC(C)OC(=O)OCOP(=O)(CCC1OC(C=O)C(O)C(O)C1O)OCOC(=O)OC(C)C. The van der Waals surface area contributed by atoms with Crippen LogP contribution in [0.15, 0.2) is 0 Å². The van der Waals surface area contributed by atoms with Gasteiger partial charge >= 0.3 is 19.9 Å². The molecule has 1 aliphatic rings. The third-order valence-electron chi connectivity index (χ3n) is 4.09. The summed E-state index contributed by atoms with van der Waals surface area (Å²) in [6.45, 7) is 4.64. The molecule has 0 aromatic rings. The van der Waals surface area contributed by atoms with Crippen molar-refractivity contribution < 1.29 is 67.0 Å². The van der Waals surface area contributed by atoms with E-state index in [-0.39, 0.29) is 12.7 Å². The number of hydrogen-bond donors (Lipinski definition) is 3.